The average molecular weight is 164 g/mol. The molecule has 1 atom stereocenters. The molecule has 0 saturated heterocycles. The van der Waals surface area contributed by atoms with Crippen molar-refractivity contribution in [2.24, 2.45) is 0 Å². The highest BCUT2D eigenvalue weighted by atomic mass is 31.1. The molecule has 1 fully saturated rings. The fourth-order valence-electron chi connectivity index (χ4n) is 1.32. The zero-order chi connectivity index (χ0) is 7.52. The van der Waals surface area contributed by atoms with Crippen molar-refractivity contribution >= 4 is 13.9 Å². The second kappa shape index (κ2) is 3.36. The van der Waals surface area contributed by atoms with Crippen LogP contribution in [0.1, 0.15) is 19.3 Å². The first-order chi connectivity index (χ1) is 5.45. The molecule has 0 radical (unpaired) electrons. The van der Waals surface area contributed by atoms with Gasteiger partial charge in [0, 0.05) is 0 Å². The molecule has 0 heterocycles. The Labute approximate surface area is 69.8 Å². The predicted molar refractivity (Wildman–Crippen MR) is 52.0 cm³/mol. The Balaban J connectivity index is 1.95. The van der Waals surface area contributed by atoms with Gasteiger partial charge in [-0.2, -0.15) is 0 Å². The van der Waals surface area contributed by atoms with Crippen LogP contribution in [0.25, 0.3) is 0 Å². The lowest BCUT2D eigenvalue weighted by Crippen LogP contribution is -2.14. The Hall–Kier alpha value is -0.350. The van der Waals surface area contributed by atoms with E-state index in [-0.39, 0.29) is 0 Å². The van der Waals surface area contributed by atoms with Gasteiger partial charge in [-0.05, 0) is 23.8 Å². The summed E-state index contributed by atoms with van der Waals surface area (Å²) in [6, 6.07) is 10.9. The van der Waals surface area contributed by atoms with Crippen LogP contribution in [0.3, 0.4) is 0 Å². The lowest BCUT2D eigenvalue weighted by Gasteiger charge is -2.25. The SMILES string of the molecule is c1ccc(PC2CCC2)cc1. The van der Waals surface area contributed by atoms with Crippen LogP contribution in [0.5, 0.6) is 0 Å². The van der Waals surface area contributed by atoms with Crippen LogP contribution in [-0.2, 0) is 0 Å². The monoisotopic (exact) mass is 164 g/mol. The number of benzene rings is 1. The van der Waals surface area contributed by atoms with Crippen molar-refractivity contribution in [1.29, 1.82) is 0 Å². The highest BCUT2D eigenvalue weighted by Crippen LogP contribution is 2.34. The third-order valence-corrected chi connectivity index (χ3v) is 3.90. The molecule has 1 unspecified atom stereocenters. The van der Waals surface area contributed by atoms with E-state index in [9.17, 15) is 0 Å². The Bertz CT molecular complexity index is 214. The lowest BCUT2D eigenvalue weighted by molar-refractivity contribution is 0.520. The first-order valence-electron chi connectivity index (χ1n) is 4.27. The van der Waals surface area contributed by atoms with Crippen LogP contribution in [0.15, 0.2) is 30.3 Å². The molecule has 58 valence electrons. The van der Waals surface area contributed by atoms with Gasteiger partial charge in [-0.3, -0.25) is 0 Å². The average Bonchev–Trinajstić information content (AvgIpc) is 1.99. The van der Waals surface area contributed by atoms with E-state index in [1.165, 1.54) is 24.6 Å². The van der Waals surface area contributed by atoms with Crippen LogP contribution < -0.4 is 5.30 Å². The van der Waals surface area contributed by atoms with Gasteiger partial charge in [-0.1, -0.05) is 45.3 Å². The summed E-state index contributed by atoms with van der Waals surface area (Å²) in [6.45, 7) is 0. The molecule has 0 amide bonds. The van der Waals surface area contributed by atoms with Crippen LogP contribution in [0, 0.1) is 0 Å². The van der Waals surface area contributed by atoms with Gasteiger partial charge in [0.1, 0.15) is 0 Å². The molecule has 0 N–H and O–H groups in total. The summed E-state index contributed by atoms with van der Waals surface area (Å²) in [5.74, 6) is 0. The summed E-state index contributed by atoms with van der Waals surface area (Å²) < 4.78 is 0. The molecule has 1 aromatic carbocycles. The Morgan fingerprint density at radius 3 is 2.36 bits per heavy atom. The molecule has 1 aliphatic rings. The number of hydrogen-bond acceptors (Lipinski definition) is 0. The third-order valence-electron chi connectivity index (χ3n) is 2.25. The predicted octanol–water partition coefficient (Wildman–Crippen LogP) is 2.54. The van der Waals surface area contributed by atoms with E-state index in [0.717, 1.165) is 14.2 Å². The maximum atomic E-state index is 2.25. The quantitative estimate of drug-likeness (QED) is 0.589. The van der Waals surface area contributed by atoms with E-state index in [1.807, 2.05) is 0 Å². The van der Waals surface area contributed by atoms with Gasteiger partial charge in [0.2, 0.25) is 0 Å². The summed E-state index contributed by atoms with van der Waals surface area (Å²) in [5.41, 5.74) is 1.03. The third kappa shape index (κ3) is 1.81. The summed E-state index contributed by atoms with van der Waals surface area (Å²) in [6.07, 6.45) is 4.39. The summed E-state index contributed by atoms with van der Waals surface area (Å²) in [4.78, 5) is 0. The molecular formula is C10H13P. The van der Waals surface area contributed by atoms with Crippen molar-refractivity contribution in [2.75, 3.05) is 0 Å². The van der Waals surface area contributed by atoms with Gasteiger partial charge in [0.05, 0.1) is 0 Å². The highest BCUT2D eigenvalue weighted by Gasteiger charge is 2.16. The fourth-order valence-corrected chi connectivity index (χ4v) is 2.88. The van der Waals surface area contributed by atoms with E-state index in [0.29, 0.717) is 0 Å². The Morgan fingerprint density at radius 2 is 1.82 bits per heavy atom. The van der Waals surface area contributed by atoms with Crippen LogP contribution in [0.4, 0.5) is 0 Å². The van der Waals surface area contributed by atoms with E-state index >= 15 is 0 Å². The van der Waals surface area contributed by atoms with Gasteiger partial charge >= 0.3 is 0 Å². The van der Waals surface area contributed by atoms with E-state index < -0.39 is 0 Å². The molecule has 0 spiro atoms. The molecule has 0 bridgehead atoms. The second-order valence-electron chi connectivity index (χ2n) is 3.14. The fraction of sp³-hybridized carbons (Fsp3) is 0.400. The largest absolute Gasteiger partial charge is 0.0872 e. The molecule has 11 heavy (non-hydrogen) atoms. The van der Waals surface area contributed by atoms with Crippen molar-refractivity contribution in [3.8, 4) is 0 Å². The van der Waals surface area contributed by atoms with Crippen molar-refractivity contribution in [1.82, 2.24) is 0 Å². The maximum Gasteiger partial charge on any atom is -0.0196 e. The standard InChI is InChI=1S/C10H13P/c1-2-5-9(6-3-1)11-10-7-4-8-10/h1-3,5-6,10-11H,4,7-8H2. The zero-order valence-electron chi connectivity index (χ0n) is 6.59. The molecule has 2 rings (SSSR count). The molecule has 1 heteroatoms. The summed E-state index contributed by atoms with van der Waals surface area (Å²) >= 11 is 0. The topological polar surface area (TPSA) is 0 Å². The van der Waals surface area contributed by atoms with Crippen molar-refractivity contribution in [2.45, 2.75) is 24.9 Å². The first kappa shape index (κ1) is 7.31. The summed E-state index contributed by atoms with van der Waals surface area (Å²) in [7, 11) is 1.07. The lowest BCUT2D eigenvalue weighted by atomic mass is 10.00. The normalized spacial score (nSPS) is 18.9. The molecular weight excluding hydrogens is 151 g/mol. The van der Waals surface area contributed by atoms with Crippen molar-refractivity contribution in [3.05, 3.63) is 30.3 Å². The van der Waals surface area contributed by atoms with E-state index in [4.69, 9.17) is 0 Å². The second-order valence-corrected chi connectivity index (χ2v) is 4.82. The molecule has 0 aromatic heterocycles. The van der Waals surface area contributed by atoms with E-state index in [2.05, 4.69) is 30.3 Å². The minimum atomic E-state index is 1.03. The Kier molecular flexibility index (Phi) is 2.23. The molecule has 1 aromatic rings. The van der Waals surface area contributed by atoms with Gasteiger partial charge in [0.15, 0.2) is 0 Å². The zero-order valence-corrected chi connectivity index (χ0v) is 7.59. The highest BCUT2D eigenvalue weighted by molar-refractivity contribution is 7.48. The minimum absolute atomic E-state index is 1.03. The smallest absolute Gasteiger partial charge is 0.0196 e. The van der Waals surface area contributed by atoms with Gasteiger partial charge in [0.25, 0.3) is 0 Å². The number of hydrogen-bond donors (Lipinski definition) is 0. The summed E-state index contributed by atoms with van der Waals surface area (Å²) in [5, 5.41) is 1.54. The maximum absolute atomic E-state index is 2.25. The van der Waals surface area contributed by atoms with Crippen molar-refractivity contribution < 1.29 is 0 Å². The Morgan fingerprint density at radius 1 is 1.09 bits per heavy atom. The van der Waals surface area contributed by atoms with Gasteiger partial charge in [-0.25, -0.2) is 0 Å². The van der Waals surface area contributed by atoms with E-state index in [1.54, 1.807) is 0 Å². The molecule has 1 saturated carbocycles. The van der Waals surface area contributed by atoms with Gasteiger partial charge < -0.3 is 0 Å². The molecule has 0 aliphatic heterocycles. The minimum Gasteiger partial charge on any atom is -0.0872 e. The first-order valence-corrected chi connectivity index (χ1v) is 5.34. The van der Waals surface area contributed by atoms with Crippen LogP contribution in [-0.4, -0.2) is 5.66 Å². The molecule has 0 nitrogen and oxygen atoms in total. The van der Waals surface area contributed by atoms with Crippen molar-refractivity contribution in [3.63, 3.8) is 0 Å². The molecule has 1 aliphatic carbocycles. The van der Waals surface area contributed by atoms with Crippen LogP contribution in [0.2, 0.25) is 0 Å². The van der Waals surface area contributed by atoms with Gasteiger partial charge in [-0.15, -0.1) is 0 Å². The van der Waals surface area contributed by atoms with Crippen LogP contribution >= 0.6 is 8.58 Å². The number of rotatable bonds is 2.